The van der Waals surface area contributed by atoms with Crippen LogP contribution < -0.4 is 0 Å². The quantitative estimate of drug-likeness (QED) is 0.742. The highest BCUT2D eigenvalue weighted by atomic mass is 31.2. The number of phenols is 1. The van der Waals surface area contributed by atoms with Crippen LogP contribution in [0.2, 0.25) is 0 Å². The third kappa shape index (κ3) is 1.61. The van der Waals surface area contributed by atoms with E-state index in [4.69, 9.17) is 27.1 Å². The number of hydrogen-bond donors (Lipinski definition) is 1. The Kier molecular flexibility index (Phi) is 2.84. The Balaban J connectivity index is 1.69. The van der Waals surface area contributed by atoms with Gasteiger partial charge in [0.1, 0.15) is 5.75 Å². The molecule has 1 N–H and O–H groups in total. The van der Waals surface area contributed by atoms with E-state index >= 15 is 0 Å². The molecule has 4 bridgehead atoms. The van der Waals surface area contributed by atoms with Gasteiger partial charge >= 0.3 is 17.2 Å². The predicted octanol–water partition coefficient (Wildman–Crippen LogP) is 4.17. The summed E-state index contributed by atoms with van der Waals surface area (Å²) in [5.41, 5.74) is 2.14. The molecule has 1 unspecified atom stereocenters. The van der Waals surface area contributed by atoms with Crippen molar-refractivity contribution < 1.29 is 32.2 Å². The summed E-state index contributed by atoms with van der Waals surface area (Å²) in [6.07, 6.45) is 0. The molecule has 9 heteroatoms. The van der Waals surface area contributed by atoms with Gasteiger partial charge in [-0.1, -0.05) is 20.8 Å². The molecule has 0 aromatic heterocycles. The van der Waals surface area contributed by atoms with Crippen molar-refractivity contribution in [3.8, 4) is 5.75 Å². The Morgan fingerprint density at radius 1 is 0.958 bits per heavy atom. The summed E-state index contributed by atoms with van der Waals surface area (Å²) in [6, 6.07) is 3.63. The first kappa shape index (κ1) is 15.9. The van der Waals surface area contributed by atoms with E-state index in [0.717, 1.165) is 16.7 Å². The number of rotatable bonds is 1. The van der Waals surface area contributed by atoms with Crippen molar-refractivity contribution in [1.82, 2.24) is 0 Å². The third-order valence-electron chi connectivity index (χ3n) is 4.85. The van der Waals surface area contributed by atoms with Crippen LogP contribution in [0.1, 0.15) is 44.4 Å². The first-order chi connectivity index (χ1) is 11.1. The van der Waals surface area contributed by atoms with E-state index in [1.54, 1.807) is 13.0 Å². The lowest BCUT2D eigenvalue weighted by Gasteiger charge is -2.43. The molecule has 1 aromatic rings. The second kappa shape index (κ2) is 4.30. The molecule has 0 amide bonds. The van der Waals surface area contributed by atoms with Gasteiger partial charge in [-0.15, -0.1) is 0 Å². The molecule has 6 saturated heterocycles. The number of aromatic hydroxyl groups is 1. The summed E-state index contributed by atoms with van der Waals surface area (Å²) in [6.45, 7) is 9.77. The highest BCUT2D eigenvalue weighted by Gasteiger charge is 2.91. The number of phenolic OH excluding ortho intramolecular Hbond substituents is 1. The van der Waals surface area contributed by atoms with Gasteiger partial charge in [0, 0.05) is 5.56 Å². The minimum atomic E-state index is -1.48. The lowest BCUT2D eigenvalue weighted by Crippen LogP contribution is -2.62. The lowest BCUT2D eigenvalue weighted by molar-refractivity contribution is -0.339. The predicted molar refractivity (Wildman–Crippen MR) is 84.7 cm³/mol. The molecule has 6 fully saturated rings. The zero-order valence-corrected chi connectivity index (χ0v) is 15.7. The Labute approximate surface area is 142 Å². The highest BCUT2D eigenvalue weighted by molar-refractivity contribution is 7.45. The van der Waals surface area contributed by atoms with Gasteiger partial charge in [0.2, 0.25) is 5.79 Å². The zero-order chi connectivity index (χ0) is 17.1. The minimum absolute atomic E-state index is 0.245. The van der Waals surface area contributed by atoms with Gasteiger partial charge in [-0.05, 0) is 42.5 Å². The molecule has 7 nitrogen and oxygen atoms in total. The largest absolute Gasteiger partial charge is 0.508 e. The summed E-state index contributed by atoms with van der Waals surface area (Å²) in [7, 11) is -2.90. The van der Waals surface area contributed by atoms with Gasteiger partial charge in [-0.3, -0.25) is 27.1 Å². The van der Waals surface area contributed by atoms with Crippen LogP contribution in [0.5, 0.6) is 5.75 Å². The lowest BCUT2D eigenvalue weighted by atomic mass is 9.81. The van der Waals surface area contributed by atoms with Gasteiger partial charge in [-0.25, -0.2) is 0 Å². The zero-order valence-electron chi connectivity index (χ0n) is 13.9. The number of benzene rings is 1. The van der Waals surface area contributed by atoms with Gasteiger partial charge in [0.25, 0.3) is 11.6 Å². The molecule has 0 radical (unpaired) electrons. The third-order valence-corrected chi connectivity index (χ3v) is 7.47. The average molecular weight is 372 g/mol. The van der Waals surface area contributed by atoms with Crippen LogP contribution in [0.25, 0.3) is 0 Å². The van der Waals surface area contributed by atoms with E-state index in [1.807, 2.05) is 33.8 Å². The van der Waals surface area contributed by atoms with Crippen LogP contribution >= 0.6 is 17.2 Å². The molecule has 130 valence electrons. The fourth-order valence-corrected chi connectivity index (χ4v) is 6.53. The molecule has 1 aromatic carbocycles. The summed E-state index contributed by atoms with van der Waals surface area (Å²) >= 11 is 0. The van der Waals surface area contributed by atoms with E-state index in [2.05, 4.69) is 0 Å². The van der Waals surface area contributed by atoms with Crippen molar-refractivity contribution in [2.45, 2.75) is 57.4 Å². The van der Waals surface area contributed by atoms with Gasteiger partial charge in [-0.2, -0.15) is 0 Å². The monoisotopic (exact) mass is 372 g/mol. The van der Waals surface area contributed by atoms with Crippen molar-refractivity contribution >= 4 is 17.2 Å². The molecular weight excluding hydrogens is 354 g/mol. The highest BCUT2D eigenvalue weighted by Crippen LogP contribution is 2.87. The van der Waals surface area contributed by atoms with Gasteiger partial charge < -0.3 is 5.11 Å². The molecule has 24 heavy (non-hydrogen) atoms. The Bertz CT molecular complexity index is 745. The molecule has 6 aliphatic rings. The van der Waals surface area contributed by atoms with Crippen LogP contribution in [0, 0.1) is 6.92 Å². The van der Waals surface area contributed by atoms with Crippen molar-refractivity contribution in [3.05, 3.63) is 28.8 Å². The number of aryl methyl sites for hydroxylation is 1. The van der Waals surface area contributed by atoms with E-state index in [9.17, 15) is 5.11 Å². The van der Waals surface area contributed by atoms with E-state index in [-0.39, 0.29) is 11.2 Å². The summed E-state index contributed by atoms with van der Waals surface area (Å²) < 4.78 is 35.1. The second-order valence-electron chi connectivity index (χ2n) is 7.61. The average Bonchev–Trinajstić information content (AvgIpc) is 3.02. The Hall–Kier alpha value is -0.360. The maximum atomic E-state index is 10.4. The van der Waals surface area contributed by atoms with E-state index < -0.39 is 34.6 Å². The molecular formula is C15H18O7P2. The molecule has 7 rings (SSSR count). The summed E-state index contributed by atoms with van der Waals surface area (Å²) in [5.74, 6) is -3.32. The van der Waals surface area contributed by atoms with Gasteiger partial charge in [0.15, 0.2) is 0 Å². The first-order valence-electron chi connectivity index (χ1n) is 7.70. The summed E-state index contributed by atoms with van der Waals surface area (Å²) in [4.78, 5) is 0. The molecule has 6 aliphatic heterocycles. The fourth-order valence-electron chi connectivity index (χ4n) is 3.56. The molecule has 1 atom stereocenters. The number of hydrogen-bond acceptors (Lipinski definition) is 7. The topological polar surface area (TPSA) is 75.6 Å². The molecule has 0 saturated carbocycles. The fraction of sp³-hybridized carbons (Fsp3) is 0.600. The molecule has 1 spiro atoms. The van der Waals surface area contributed by atoms with E-state index in [1.165, 1.54) is 0 Å². The van der Waals surface area contributed by atoms with Crippen LogP contribution in [-0.4, -0.2) is 16.7 Å². The smallest absolute Gasteiger partial charge is 0.342 e. The Morgan fingerprint density at radius 3 is 2.08 bits per heavy atom. The van der Waals surface area contributed by atoms with Crippen LogP contribution in [0.4, 0.5) is 0 Å². The second-order valence-corrected chi connectivity index (χ2v) is 9.60. The van der Waals surface area contributed by atoms with Crippen LogP contribution in [0.15, 0.2) is 12.1 Å². The van der Waals surface area contributed by atoms with Crippen LogP contribution in [0.3, 0.4) is 0 Å². The molecule has 6 heterocycles. The van der Waals surface area contributed by atoms with Crippen molar-refractivity contribution in [3.63, 3.8) is 0 Å². The van der Waals surface area contributed by atoms with Gasteiger partial charge in [0.05, 0.1) is 0 Å². The maximum absolute atomic E-state index is 10.4. The first-order valence-corrected chi connectivity index (χ1v) is 9.89. The standard InChI is InChI=1S/C15H18O7P2/c1-8-6-11(16)10(12(2,3)4)7-9(8)14-15(22-24(19-14)20-14)13(5)17-23(18-13)21-15/h6-7,16H,1-5H3. The normalized spacial score (nSPS) is 45.4. The maximum Gasteiger partial charge on any atom is 0.342 e. The van der Waals surface area contributed by atoms with E-state index in [0.29, 0.717) is 0 Å². The van der Waals surface area contributed by atoms with Crippen molar-refractivity contribution in [2.24, 2.45) is 0 Å². The van der Waals surface area contributed by atoms with Crippen LogP contribution in [-0.2, 0) is 38.3 Å². The SMILES string of the molecule is Cc1cc(O)c(C(C)(C)C)cc1C12OP(O1)OC21OP2OC1(C)O2. The Morgan fingerprint density at radius 2 is 1.54 bits per heavy atom. The van der Waals surface area contributed by atoms with Crippen molar-refractivity contribution in [2.75, 3.05) is 0 Å². The minimum Gasteiger partial charge on any atom is -0.508 e. The molecule has 0 aliphatic carbocycles. The summed E-state index contributed by atoms with van der Waals surface area (Å²) in [5, 5.41) is 10.4. The van der Waals surface area contributed by atoms with Crippen molar-refractivity contribution in [1.29, 1.82) is 0 Å².